The summed E-state index contributed by atoms with van der Waals surface area (Å²) in [4.78, 5) is 39.5. The molecule has 28 heavy (non-hydrogen) atoms. The van der Waals surface area contributed by atoms with Gasteiger partial charge < -0.3 is 5.32 Å². The molecule has 1 aromatic rings. The van der Waals surface area contributed by atoms with E-state index in [0.717, 1.165) is 36.8 Å². The Morgan fingerprint density at radius 1 is 1.07 bits per heavy atom. The molecule has 148 valence electrons. The second-order valence-electron chi connectivity index (χ2n) is 8.68. The third kappa shape index (κ3) is 2.40. The van der Waals surface area contributed by atoms with Crippen molar-refractivity contribution >= 4 is 33.2 Å². The molecule has 1 N–H and O–H groups in total. The van der Waals surface area contributed by atoms with Crippen LogP contribution in [-0.4, -0.2) is 43.8 Å². The second kappa shape index (κ2) is 5.65. The minimum Gasteiger partial charge on any atom is -0.325 e. The first-order valence-corrected chi connectivity index (χ1v) is 11.6. The Bertz CT molecular complexity index is 964. The van der Waals surface area contributed by atoms with E-state index in [1.54, 1.807) is 0 Å². The van der Waals surface area contributed by atoms with E-state index >= 15 is 0 Å². The van der Waals surface area contributed by atoms with Crippen LogP contribution in [0.5, 0.6) is 0 Å². The number of anilines is 1. The molecule has 1 heterocycles. The molecule has 4 fully saturated rings. The molecule has 3 saturated carbocycles. The van der Waals surface area contributed by atoms with Gasteiger partial charge >= 0.3 is 0 Å². The summed E-state index contributed by atoms with van der Waals surface area (Å²) in [6.45, 7) is -0.287. The zero-order valence-corrected chi connectivity index (χ0v) is 16.4. The number of sulfone groups is 1. The number of hydrogen-bond acceptors (Lipinski definition) is 5. The highest BCUT2D eigenvalue weighted by molar-refractivity contribution is 7.90. The Labute approximate surface area is 163 Å². The average molecular weight is 402 g/mol. The monoisotopic (exact) mass is 402 g/mol. The van der Waals surface area contributed by atoms with Gasteiger partial charge in [0, 0.05) is 11.9 Å². The molecule has 4 aliphatic rings. The molecule has 1 aromatic carbocycles. The molecule has 4 atom stereocenters. The number of rotatable bonds is 4. The molecule has 3 aliphatic carbocycles. The summed E-state index contributed by atoms with van der Waals surface area (Å²) >= 11 is 0. The molecule has 0 aromatic heterocycles. The highest BCUT2D eigenvalue weighted by atomic mass is 32.2. The van der Waals surface area contributed by atoms with E-state index in [0.29, 0.717) is 17.5 Å². The highest BCUT2D eigenvalue weighted by Gasteiger charge is 2.74. The Balaban J connectivity index is 1.28. The Kier molecular flexibility index (Phi) is 3.60. The molecule has 7 nitrogen and oxygen atoms in total. The smallest absolute Gasteiger partial charge is 0.244 e. The van der Waals surface area contributed by atoms with Crippen LogP contribution in [0.3, 0.4) is 0 Å². The van der Waals surface area contributed by atoms with Gasteiger partial charge in [-0.3, -0.25) is 19.3 Å². The van der Waals surface area contributed by atoms with Crippen LogP contribution in [0.4, 0.5) is 5.69 Å². The topological polar surface area (TPSA) is 101 Å². The highest BCUT2D eigenvalue weighted by Crippen LogP contribution is 2.75. The third-order valence-corrected chi connectivity index (χ3v) is 8.45. The summed E-state index contributed by atoms with van der Waals surface area (Å²) < 4.78 is 23.0. The van der Waals surface area contributed by atoms with Crippen LogP contribution >= 0.6 is 0 Å². The van der Waals surface area contributed by atoms with Crippen molar-refractivity contribution in [2.75, 3.05) is 18.1 Å². The van der Waals surface area contributed by atoms with Crippen LogP contribution in [0.1, 0.15) is 25.7 Å². The maximum Gasteiger partial charge on any atom is 0.244 e. The lowest BCUT2D eigenvalue weighted by Crippen LogP contribution is -2.40. The number of carbonyl (C=O) groups is 3. The lowest BCUT2D eigenvalue weighted by Gasteiger charge is -2.21. The maximum absolute atomic E-state index is 12.9. The standard InChI is InChI=1S/C20H22N2O5S/c1-28(26,27)12-4-2-11(3-5-12)21-15(23)10-22-18(24)16-13-6-7-14(17(16)19(22)25)20(13)8-9-20/h2-5,13-14,16-17H,6-10H2,1H3,(H,21,23). The summed E-state index contributed by atoms with van der Waals surface area (Å²) in [5.41, 5.74) is 0.671. The fourth-order valence-electron chi connectivity index (χ4n) is 6.08. The fourth-order valence-corrected chi connectivity index (χ4v) is 6.71. The van der Waals surface area contributed by atoms with Gasteiger partial charge in [-0.25, -0.2) is 8.42 Å². The molecule has 1 saturated heterocycles. The number of hydrogen-bond donors (Lipinski definition) is 1. The quantitative estimate of drug-likeness (QED) is 0.769. The summed E-state index contributed by atoms with van der Waals surface area (Å²) in [5, 5.41) is 2.64. The van der Waals surface area contributed by atoms with Crippen LogP contribution < -0.4 is 5.32 Å². The van der Waals surface area contributed by atoms with E-state index in [-0.39, 0.29) is 40.5 Å². The molecule has 2 bridgehead atoms. The van der Waals surface area contributed by atoms with E-state index in [2.05, 4.69) is 5.32 Å². The number of likely N-dealkylation sites (tertiary alicyclic amines) is 1. The lowest BCUT2D eigenvalue weighted by molar-refractivity contribution is -0.143. The zero-order chi connectivity index (χ0) is 19.8. The van der Waals surface area contributed by atoms with Crippen molar-refractivity contribution in [2.24, 2.45) is 29.1 Å². The number of benzene rings is 1. The van der Waals surface area contributed by atoms with Gasteiger partial charge in [0.1, 0.15) is 6.54 Å². The number of imide groups is 1. The van der Waals surface area contributed by atoms with Gasteiger partial charge in [0.25, 0.3) is 0 Å². The van der Waals surface area contributed by atoms with Crippen molar-refractivity contribution in [3.63, 3.8) is 0 Å². The van der Waals surface area contributed by atoms with Crippen LogP contribution in [0.15, 0.2) is 29.2 Å². The molecule has 8 heteroatoms. The van der Waals surface area contributed by atoms with Crippen LogP contribution in [0.25, 0.3) is 0 Å². The van der Waals surface area contributed by atoms with Gasteiger partial charge in [-0.15, -0.1) is 0 Å². The largest absolute Gasteiger partial charge is 0.325 e. The third-order valence-electron chi connectivity index (χ3n) is 7.32. The van der Waals surface area contributed by atoms with Crippen LogP contribution in [-0.2, 0) is 24.2 Å². The van der Waals surface area contributed by atoms with E-state index in [9.17, 15) is 22.8 Å². The first kappa shape index (κ1) is 17.8. The Morgan fingerprint density at radius 2 is 1.61 bits per heavy atom. The first-order valence-electron chi connectivity index (χ1n) is 9.67. The molecule has 4 unspecified atom stereocenters. The average Bonchev–Trinajstić information content (AvgIpc) is 3.24. The molecule has 0 radical (unpaired) electrons. The number of fused-ring (bicyclic) bond motifs is 3. The molecule has 3 amide bonds. The summed E-state index contributed by atoms with van der Waals surface area (Å²) in [7, 11) is -3.31. The fraction of sp³-hybridized carbons (Fsp3) is 0.550. The summed E-state index contributed by atoms with van der Waals surface area (Å²) in [6.07, 6.45) is 5.44. The number of nitrogens with zero attached hydrogens (tertiary/aromatic N) is 1. The van der Waals surface area contributed by atoms with Gasteiger partial charge in [-0.05, 0) is 67.2 Å². The summed E-state index contributed by atoms with van der Waals surface area (Å²) in [5.74, 6) is -0.647. The van der Waals surface area contributed by atoms with Gasteiger partial charge in [0.2, 0.25) is 17.7 Å². The van der Waals surface area contributed by atoms with Gasteiger partial charge in [0.15, 0.2) is 9.84 Å². The second-order valence-corrected chi connectivity index (χ2v) is 10.7. The summed E-state index contributed by atoms with van der Waals surface area (Å²) in [6, 6.07) is 5.81. The van der Waals surface area contributed by atoms with Crippen molar-refractivity contribution in [1.82, 2.24) is 4.90 Å². The Morgan fingerprint density at radius 3 is 2.07 bits per heavy atom. The minimum absolute atomic E-state index is 0.160. The van der Waals surface area contributed by atoms with Gasteiger partial charge in [-0.2, -0.15) is 0 Å². The van der Waals surface area contributed by atoms with Crippen molar-refractivity contribution < 1.29 is 22.8 Å². The predicted octanol–water partition coefficient (Wildman–Crippen LogP) is 1.45. The number of amides is 3. The van der Waals surface area contributed by atoms with Crippen molar-refractivity contribution in [2.45, 2.75) is 30.6 Å². The van der Waals surface area contributed by atoms with E-state index < -0.39 is 15.7 Å². The molecular weight excluding hydrogens is 380 g/mol. The van der Waals surface area contributed by atoms with Crippen LogP contribution in [0.2, 0.25) is 0 Å². The number of carbonyl (C=O) groups excluding carboxylic acids is 3. The minimum atomic E-state index is -3.31. The zero-order valence-electron chi connectivity index (χ0n) is 15.6. The van der Waals surface area contributed by atoms with Crippen molar-refractivity contribution in [1.29, 1.82) is 0 Å². The van der Waals surface area contributed by atoms with Crippen molar-refractivity contribution in [3.8, 4) is 0 Å². The van der Waals surface area contributed by atoms with Crippen molar-refractivity contribution in [3.05, 3.63) is 24.3 Å². The Hall–Kier alpha value is -2.22. The first-order chi connectivity index (χ1) is 13.2. The van der Waals surface area contributed by atoms with Crippen LogP contribution in [0, 0.1) is 29.1 Å². The van der Waals surface area contributed by atoms with Gasteiger partial charge in [0.05, 0.1) is 16.7 Å². The molecule has 1 spiro atoms. The number of nitrogens with one attached hydrogen (secondary N) is 1. The molecular formula is C20H22N2O5S. The lowest BCUT2D eigenvalue weighted by atomic mass is 9.81. The maximum atomic E-state index is 12.9. The van der Waals surface area contributed by atoms with E-state index in [1.165, 1.54) is 24.3 Å². The molecule has 1 aliphatic heterocycles. The van der Waals surface area contributed by atoms with Gasteiger partial charge in [-0.1, -0.05) is 0 Å². The van der Waals surface area contributed by atoms with E-state index in [1.807, 2.05) is 0 Å². The SMILES string of the molecule is CS(=O)(=O)c1ccc(NC(=O)CN2C(=O)C3C(C2=O)C2CCC3C23CC3)cc1. The predicted molar refractivity (Wildman–Crippen MR) is 99.8 cm³/mol. The normalized spacial score (nSPS) is 32.1. The molecule has 5 rings (SSSR count). The van der Waals surface area contributed by atoms with E-state index in [4.69, 9.17) is 0 Å².